The Balaban J connectivity index is 1.59. The van der Waals surface area contributed by atoms with Crippen molar-refractivity contribution in [3.8, 4) is 11.5 Å². The van der Waals surface area contributed by atoms with E-state index in [2.05, 4.69) is 5.32 Å². The van der Waals surface area contributed by atoms with Crippen LogP contribution in [0.5, 0.6) is 11.5 Å². The molecule has 1 amide bonds. The van der Waals surface area contributed by atoms with E-state index in [-0.39, 0.29) is 30.2 Å². The molecule has 2 aromatic rings. The van der Waals surface area contributed by atoms with Gasteiger partial charge < -0.3 is 14.8 Å². The lowest BCUT2D eigenvalue weighted by atomic mass is 10.2. The Hall–Kier alpha value is -2.83. The van der Waals surface area contributed by atoms with Crippen molar-refractivity contribution in [2.75, 3.05) is 48.7 Å². The fourth-order valence-electron chi connectivity index (χ4n) is 3.70. The first-order chi connectivity index (χ1) is 16.6. The monoisotopic (exact) mass is 525 g/mol. The number of carbonyl (C=O) groups excluding carboxylic acids is 1. The molecule has 35 heavy (non-hydrogen) atoms. The van der Waals surface area contributed by atoms with Crippen molar-refractivity contribution in [3.63, 3.8) is 0 Å². The molecule has 0 aliphatic carbocycles. The molecule has 0 atom stereocenters. The van der Waals surface area contributed by atoms with Gasteiger partial charge in [0.25, 0.3) is 0 Å². The summed E-state index contributed by atoms with van der Waals surface area (Å²) in [5, 5.41) is 2.72. The number of carbonyl (C=O) groups is 1. The van der Waals surface area contributed by atoms with Crippen LogP contribution in [-0.2, 0) is 24.8 Å². The molecule has 0 radical (unpaired) electrons. The van der Waals surface area contributed by atoms with Crippen LogP contribution in [0.4, 0.5) is 11.4 Å². The van der Waals surface area contributed by atoms with Crippen LogP contribution >= 0.6 is 0 Å². The molecule has 2 aromatic carbocycles. The van der Waals surface area contributed by atoms with Gasteiger partial charge in [-0.3, -0.25) is 9.10 Å². The summed E-state index contributed by atoms with van der Waals surface area (Å²) in [6, 6.07) is 10.9. The quantitative estimate of drug-likeness (QED) is 0.479. The zero-order chi connectivity index (χ0) is 25.6. The Morgan fingerprint density at radius 3 is 2.17 bits per heavy atom. The lowest BCUT2D eigenvalue weighted by Crippen LogP contribution is -2.31. The number of anilines is 2. The Bertz CT molecular complexity index is 1240. The average molecular weight is 526 g/mol. The van der Waals surface area contributed by atoms with Gasteiger partial charge in [-0.05, 0) is 42.8 Å². The molecule has 1 aliphatic rings. The van der Waals surface area contributed by atoms with E-state index < -0.39 is 20.0 Å². The van der Waals surface area contributed by atoms with Crippen molar-refractivity contribution in [2.24, 2.45) is 0 Å². The van der Waals surface area contributed by atoms with E-state index in [1.54, 1.807) is 32.0 Å². The maximum absolute atomic E-state index is 12.6. The highest BCUT2D eigenvalue weighted by atomic mass is 32.2. The number of ether oxygens (including phenoxy) is 2. The van der Waals surface area contributed by atoms with Crippen LogP contribution in [0.2, 0.25) is 0 Å². The molecule has 192 valence electrons. The largest absolute Gasteiger partial charge is 0.486 e. The molecule has 0 aromatic heterocycles. The van der Waals surface area contributed by atoms with Crippen molar-refractivity contribution in [1.82, 2.24) is 4.31 Å². The number of fused-ring (bicyclic) bond motifs is 1. The fourth-order valence-corrected chi connectivity index (χ4v) is 6.12. The number of nitrogens with zero attached hydrogens (tertiary/aromatic N) is 2. The Morgan fingerprint density at radius 2 is 1.57 bits per heavy atom. The van der Waals surface area contributed by atoms with E-state index in [9.17, 15) is 21.6 Å². The number of hydrogen-bond acceptors (Lipinski definition) is 7. The van der Waals surface area contributed by atoms with Gasteiger partial charge in [-0.1, -0.05) is 13.8 Å². The minimum Gasteiger partial charge on any atom is -0.486 e. The summed E-state index contributed by atoms with van der Waals surface area (Å²) in [7, 11) is -7.16. The molecular formula is C23H31N3O7S2. The van der Waals surface area contributed by atoms with Gasteiger partial charge in [-0.15, -0.1) is 0 Å². The van der Waals surface area contributed by atoms with Crippen LogP contribution in [0, 0.1) is 0 Å². The van der Waals surface area contributed by atoms with Crippen LogP contribution in [0.25, 0.3) is 0 Å². The van der Waals surface area contributed by atoms with Crippen LogP contribution in [-0.4, -0.2) is 66.2 Å². The summed E-state index contributed by atoms with van der Waals surface area (Å²) in [4.78, 5) is 12.6. The first kappa shape index (κ1) is 26.8. The molecule has 0 bridgehead atoms. The van der Waals surface area contributed by atoms with Crippen LogP contribution < -0.4 is 19.1 Å². The van der Waals surface area contributed by atoms with E-state index in [1.165, 1.54) is 32.9 Å². The van der Waals surface area contributed by atoms with E-state index in [0.29, 0.717) is 49.2 Å². The highest BCUT2D eigenvalue weighted by molar-refractivity contribution is 7.92. The van der Waals surface area contributed by atoms with E-state index in [1.807, 2.05) is 0 Å². The van der Waals surface area contributed by atoms with Crippen LogP contribution in [0.15, 0.2) is 47.4 Å². The SMILES string of the molecule is CCN(CC)S(=O)(=O)c1ccc(NC(=O)CCCN(c2ccc3c(c2)OCCO3)S(C)(=O)=O)cc1. The third kappa shape index (κ3) is 6.65. The second kappa shape index (κ2) is 11.3. The maximum Gasteiger partial charge on any atom is 0.243 e. The number of amides is 1. The van der Waals surface area contributed by atoms with Crippen molar-refractivity contribution in [3.05, 3.63) is 42.5 Å². The number of nitrogens with one attached hydrogen (secondary N) is 1. The van der Waals surface area contributed by atoms with Gasteiger partial charge in [0, 0.05) is 37.8 Å². The number of hydrogen-bond donors (Lipinski definition) is 1. The molecular weight excluding hydrogens is 494 g/mol. The summed E-state index contributed by atoms with van der Waals surface area (Å²) in [6.45, 7) is 5.21. The smallest absolute Gasteiger partial charge is 0.243 e. The average Bonchev–Trinajstić information content (AvgIpc) is 2.81. The van der Waals surface area contributed by atoms with Crippen molar-refractivity contribution >= 4 is 37.3 Å². The summed E-state index contributed by atoms with van der Waals surface area (Å²) in [6.07, 6.45) is 1.47. The topological polar surface area (TPSA) is 122 Å². The zero-order valence-corrected chi connectivity index (χ0v) is 21.7. The fraction of sp³-hybridized carbons (Fsp3) is 0.435. The highest BCUT2D eigenvalue weighted by Crippen LogP contribution is 2.34. The number of sulfonamides is 2. The minimum atomic E-state index is -3.59. The lowest BCUT2D eigenvalue weighted by Gasteiger charge is -2.25. The summed E-state index contributed by atoms with van der Waals surface area (Å²) >= 11 is 0. The molecule has 1 N–H and O–H groups in total. The first-order valence-corrected chi connectivity index (χ1v) is 14.6. The van der Waals surface area contributed by atoms with Gasteiger partial charge in [0.05, 0.1) is 16.8 Å². The van der Waals surface area contributed by atoms with Gasteiger partial charge in [0.2, 0.25) is 26.0 Å². The number of benzene rings is 2. The minimum absolute atomic E-state index is 0.0794. The molecule has 10 nitrogen and oxygen atoms in total. The van der Waals surface area contributed by atoms with Crippen molar-refractivity contribution < 1.29 is 31.1 Å². The Labute approximate surface area is 206 Å². The Morgan fingerprint density at radius 1 is 0.943 bits per heavy atom. The van der Waals surface area contributed by atoms with Crippen LogP contribution in [0.3, 0.4) is 0 Å². The third-order valence-electron chi connectivity index (χ3n) is 5.46. The maximum atomic E-state index is 12.6. The molecule has 0 saturated carbocycles. The molecule has 3 rings (SSSR count). The molecule has 0 fully saturated rings. The van der Waals surface area contributed by atoms with E-state index in [4.69, 9.17) is 9.47 Å². The standard InChI is InChI=1S/C23H31N3O7S2/c1-4-25(5-2)35(30,31)20-11-8-18(9-12-20)24-23(27)7-6-14-26(34(3,28)29)19-10-13-21-22(17-19)33-16-15-32-21/h8-13,17H,4-7,14-16H2,1-3H3,(H,24,27). The summed E-state index contributed by atoms with van der Waals surface area (Å²) in [5.41, 5.74) is 0.891. The molecule has 0 saturated heterocycles. The molecule has 1 aliphatic heterocycles. The van der Waals surface area contributed by atoms with Crippen molar-refractivity contribution in [2.45, 2.75) is 31.6 Å². The third-order valence-corrected chi connectivity index (χ3v) is 8.72. The molecule has 0 spiro atoms. The highest BCUT2D eigenvalue weighted by Gasteiger charge is 2.22. The van der Waals surface area contributed by atoms with Gasteiger partial charge >= 0.3 is 0 Å². The second-order valence-corrected chi connectivity index (χ2v) is 11.8. The van der Waals surface area contributed by atoms with Gasteiger partial charge in [0.1, 0.15) is 13.2 Å². The van der Waals surface area contributed by atoms with Crippen LogP contribution in [0.1, 0.15) is 26.7 Å². The lowest BCUT2D eigenvalue weighted by molar-refractivity contribution is -0.116. The number of rotatable bonds is 11. The Kier molecular flexibility index (Phi) is 8.62. The molecule has 1 heterocycles. The van der Waals surface area contributed by atoms with Crippen molar-refractivity contribution in [1.29, 1.82) is 0 Å². The zero-order valence-electron chi connectivity index (χ0n) is 20.1. The second-order valence-electron chi connectivity index (χ2n) is 7.93. The molecule has 12 heteroatoms. The molecule has 0 unspecified atom stereocenters. The van der Waals surface area contributed by atoms with Gasteiger partial charge in [0.15, 0.2) is 11.5 Å². The van der Waals surface area contributed by atoms with E-state index >= 15 is 0 Å². The predicted octanol–water partition coefficient (Wildman–Crippen LogP) is 2.67. The van der Waals surface area contributed by atoms with Gasteiger partial charge in [-0.2, -0.15) is 4.31 Å². The first-order valence-electron chi connectivity index (χ1n) is 11.3. The normalized spacial score (nSPS) is 13.5. The summed E-state index contributed by atoms with van der Waals surface area (Å²) in [5.74, 6) is 0.732. The van der Waals surface area contributed by atoms with Gasteiger partial charge in [-0.25, -0.2) is 16.8 Å². The summed E-state index contributed by atoms with van der Waals surface area (Å²) < 4.78 is 63.5. The van der Waals surface area contributed by atoms with E-state index in [0.717, 1.165) is 6.26 Å². The predicted molar refractivity (Wildman–Crippen MR) is 134 cm³/mol.